The van der Waals surface area contributed by atoms with E-state index in [4.69, 9.17) is 4.98 Å². The number of benzene rings is 2. The van der Waals surface area contributed by atoms with Gasteiger partial charge in [0.1, 0.15) is 11.3 Å². The summed E-state index contributed by atoms with van der Waals surface area (Å²) in [4.78, 5) is 26.3. The Hall–Kier alpha value is -3.71. The SMILES string of the molecule is Cc1ccc(-c2nc3cccnc3n2CCN2CCN(C(=O)Nc3ccccc3)CC2)cc1. The van der Waals surface area contributed by atoms with Crippen molar-refractivity contribution in [1.82, 2.24) is 24.3 Å². The first-order valence-electron chi connectivity index (χ1n) is 11.4. The Bertz CT molecular complexity index is 1230. The number of anilines is 1. The highest BCUT2D eigenvalue weighted by Crippen LogP contribution is 2.24. The highest BCUT2D eigenvalue weighted by molar-refractivity contribution is 5.89. The smallest absolute Gasteiger partial charge is 0.321 e. The van der Waals surface area contributed by atoms with Gasteiger partial charge in [-0.05, 0) is 31.2 Å². The lowest BCUT2D eigenvalue weighted by atomic mass is 10.1. The lowest BCUT2D eigenvalue weighted by Crippen LogP contribution is -2.50. The third-order valence-corrected chi connectivity index (χ3v) is 6.14. The normalized spacial score (nSPS) is 14.5. The Kier molecular flexibility index (Phi) is 6.04. The first kappa shape index (κ1) is 21.2. The minimum absolute atomic E-state index is 0.0349. The third kappa shape index (κ3) is 4.73. The standard InChI is InChI=1S/C26H28N6O/c1-20-9-11-21(12-10-20)24-29-23-8-5-13-27-25(23)32(24)19-16-30-14-17-31(18-15-30)26(33)28-22-6-3-2-4-7-22/h2-13H,14-19H2,1H3,(H,28,33). The average Bonchev–Trinajstić information content (AvgIpc) is 3.22. The molecule has 2 amide bonds. The van der Waals surface area contributed by atoms with Crippen LogP contribution in [0.1, 0.15) is 5.56 Å². The van der Waals surface area contributed by atoms with E-state index in [2.05, 4.69) is 51.0 Å². The number of fused-ring (bicyclic) bond motifs is 1. The van der Waals surface area contributed by atoms with E-state index in [0.717, 1.165) is 54.4 Å². The van der Waals surface area contributed by atoms with E-state index in [1.54, 1.807) is 0 Å². The molecular formula is C26H28N6O. The number of aromatic nitrogens is 3. The highest BCUT2D eigenvalue weighted by atomic mass is 16.2. The molecule has 2 aromatic carbocycles. The van der Waals surface area contributed by atoms with E-state index < -0.39 is 0 Å². The Balaban J connectivity index is 1.24. The largest absolute Gasteiger partial charge is 0.322 e. The number of hydrogen-bond donors (Lipinski definition) is 1. The maximum absolute atomic E-state index is 12.6. The second kappa shape index (κ2) is 9.42. The molecule has 1 saturated heterocycles. The summed E-state index contributed by atoms with van der Waals surface area (Å²) in [5.41, 5.74) is 4.98. The van der Waals surface area contributed by atoms with Gasteiger partial charge in [0.05, 0.1) is 0 Å². The van der Waals surface area contributed by atoms with Crippen molar-refractivity contribution in [2.75, 3.05) is 38.0 Å². The lowest BCUT2D eigenvalue weighted by molar-refractivity contribution is 0.145. The van der Waals surface area contributed by atoms with Crippen LogP contribution in [-0.2, 0) is 6.54 Å². The number of urea groups is 1. The number of nitrogens with one attached hydrogen (secondary N) is 1. The van der Waals surface area contributed by atoms with E-state index in [1.807, 2.05) is 53.6 Å². The summed E-state index contributed by atoms with van der Waals surface area (Å²) in [5.74, 6) is 0.949. The highest BCUT2D eigenvalue weighted by Gasteiger charge is 2.22. The lowest BCUT2D eigenvalue weighted by Gasteiger charge is -2.34. The molecule has 1 aliphatic rings. The summed E-state index contributed by atoms with van der Waals surface area (Å²) in [5, 5.41) is 2.98. The molecular weight excluding hydrogens is 412 g/mol. The van der Waals surface area contributed by atoms with E-state index in [0.29, 0.717) is 13.1 Å². The maximum atomic E-state index is 12.6. The van der Waals surface area contributed by atoms with Gasteiger partial charge in [0, 0.05) is 56.7 Å². The fraction of sp³-hybridized carbons (Fsp3) is 0.269. The number of rotatable bonds is 5. The van der Waals surface area contributed by atoms with Crippen LogP contribution in [0.5, 0.6) is 0 Å². The Morgan fingerprint density at radius 1 is 0.909 bits per heavy atom. The predicted molar refractivity (Wildman–Crippen MR) is 131 cm³/mol. The molecule has 0 saturated carbocycles. The number of amides is 2. The van der Waals surface area contributed by atoms with Gasteiger partial charge in [-0.25, -0.2) is 14.8 Å². The molecule has 7 nitrogen and oxygen atoms in total. The van der Waals surface area contributed by atoms with Crippen molar-refractivity contribution in [1.29, 1.82) is 0 Å². The van der Waals surface area contributed by atoms with Crippen molar-refractivity contribution in [3.8, 4) is 11.4 Å². The number of para-hydroxylation sites is 1. The fourth-order valence-electron chi connectivity index (χ4n) is 4.23. The third-order valence-electron chi connectivity index (χ3n) is 6.14. The van der Waals surface area contributed by atoms with Crippen molar-refractivity contribution < 1.29 is 4.79 Å². The molecule has 0 unspecified atom stereocenters. The second-order valence-electron chi connectivity index (χ2n) is 8.42. The summed E-state index contributed by atoms with van der Waals surface area (Å²) in [6, 6.07) is 22.0. The second-order valence-corrected chi connectivity index (χ2v) is 8.42. The molecule has 1 N–H and O–H groups in total. The van der Waals surface area contributed by atoms with Crippen LogP contribution < -0.4 is 5.32 Å². The van der Waals surface area contributed by atoms with Crippen LogP contribution in [0.3, 0.4) is 0 Å². The van der Waals surface area contributed by atoms with Crippen molar-refractivity contribution >= 4 is 22.9 Å². The van der Waals surface area contributed by atoms with E-state index >= 15 is 0 Å². The molecule has 7 heteroatoms. The first-order chi connectivity index (χ1) is 16.2. The number of imidazole rings is 1. The van der Waals surface area contributed by atoms with Crippen LogP contribution in [0.2, 0.25) is 0 Å². The number of carbonyl (C=O) groups excluding carboxylic acids is 1. The van der Waals surface area contributed by atoms with Gasteiger partial charge in [0.25, 0.3) is 0 Å². The van der Waals surface area contributed by atoms with E-state index in [9.17, 15) is 4.79 Å². The van der Waals surface area contributed by atoms with Gasteiger partial charge in [-0.1, -0.05) is 48.0 Å². The van der Waals surface area contributed by atoms with Crippen molar-refractivity contribution in [3.63, 3.8) is 0 Å². The quantitative estimate of drug-likeness (QED) is 0.504. The van der Waals surface area contributed by atoms with Crippen LogP contribution in [0, 0.1) is 6.92 Å². The molecule has 5 rings (SSSR count). The molecule has 3 heterocycles. The minimum Gasteiger partial charge on any atom is -0.322 e. The number of hydrogen-bond acceptors (Lipinski definition) is 4. The zero-order chi connectivity index (χ0) is 22.6. The molecule has 0 aliphatic carbocycles. The topological polar surface area (TPSA) is 66.3 Å². The van der Waals surface area contributed by atoms with Gasteiger partial charge in [-0.3, -0.25) is 4.90 Å². The molecule has 2 aromatic heterocycles. The van der Waals surface area contributed by atoms with Gasteiger partial charge in [-0.15, -0.1) is 0 Å². The molecule has 4 aromatic rings. The summed E-state index contributed by atoms with van der Waals surface area (Å²) in [6.07, 6.45) is 1.82. The number of aryl methyl sites for hydroxylation is 1. The summed E-state index contributed by atoms with van der Waals surface area (Å²) in [6.45, 7) is 6.90. The van der Waals surface area contributed by atoms with E-state index in [-0.39, 0.29) is 6.03 Å². The molecule has 0 bridgehead atoms. The monoisotopic (exact) mass is 440 g/mol. The summed E-state index contributed by atoms with van der Waals surface area (Å²) in [7, 11) is 0. The molecule has 1 fully saturated rings. The summed E-state index contributed by atoms with van der Waals surface area (Å²) >= 11 is 0. The molecule has 33 heavy (non-hydrogen) atoms. The average molecular weight is 441 g/mol. The molecule has 0 radical (unpaired) electrons. The van der Waals surface area contributed by atoms with Gasteiger partial charge < -0.3 is 14.8 Å². The molecule has 168 valence electrons. The van der Waals surface area contributed by atoms with Crippen LogP contribution in [0.15, 0.2) is 72.9 Å². The fourth-order valence-corrected chi connectivity index (χ4v) is 4.23. The van der Waals surface area contributed by atoms with Crippen LogP contribution in [0.4, 0.5) is 10.5 Å². The number of carbonyl (C=O) groups is 1. The van der Waals surface area contributed by atoms with Gasteiger partial charge in [0.15, 0.2) is 5.65 Å². The number of nitrogens with zero attached hydrogens (tertiary/aromatic N) is 5. The van der Waals surface area contributed by atoms with Gasteiger partial charge in [-0.2, -0.15) is 0 Å². The van der Waals surface area contributed by atoms with E-state index in [1.165, 1.54) is 5.56 Å². The number of pyridine rings is 1. The summed E-state index contributed by atoms with van der Waals surface area (Å²) < 4.78 is 2.22. The van der Waals surface area contributed by atoms with Crippen LogP contribution >= 0.6 is 0 Å². The maximum Gasteiger partial charge on any atom is 0.321 e. The van der Waals surface area contributed by atoms with Crippen molar-refractivity contribution in [3.05, 3.63) is 78.5 Å². The van der Waals surface area contributed by atoms with Gasteiger partial charge >= 0.3 is 6.03 Å². The first-order valence-corrected chi connectivity index (χ1v) is 11.4. The van der Waals surface area contributed by atoms with Crippen molar-refractivity contribution in [2.45, 2.75) is 13.5 Å². The van der Waals surface area contributed by atoms with Crippen LogP contribution in [0.25, 0.3) is 22.6 Å². The van der Waals surface area contributed by atoms with Crippen molar-refractivity contribution in [2.24, 2.45) is 0 Å². The Morgan fingerprint density at radius 3 is 2.42 bits per heavy atom. The Labute approximate surface area is 193 Å². The minimum atomic E-state index is -0.0349. The van der Waals surface area contributed by atoms with Crippen LogP contribution in [-0.4, -0.2) is 63.1 Å². The molecule has 0 spiro atoms. The predicted octanol–water partition coefficient (Wildman–Crippen LogP) is 4.26. The Morgan fingerprint density at radius 2 is 1.67 bits per heavy atom. The number of piperazine rings is 1. The zero-order valence-electron chi connectivity index (χ0n) is 18.8. The molecule has 1 aliphatic heterocycles. The van der Waals surface area contributed by atoms with Gasteiger partial charge in [0.2, 0.25) is 0 Å². The molecule has 0 atom stereocenters. The zero-order valence-corrected chi connectivity index (χ0v) is 18.8.